The van der Waals surface area contributed by atoms with Gasteiger partial charge in [-0.1, -0.05) is 36.9 Å². The van der Waals surface area contributed by atoms with Gasteiger partial charge in [-0.3, -0.25) is 9.11 Å². The number of fused-ring (bicyclic) bond motifs is 1. The normalized spacial score (nSPS) is 12.5. The van der Waals surface area contributed by atoms with Gasteiger partial charge in [-0.25, -0.2) is 0 Å². The van der Waals surface area contributed by atoms with Crippen LogP contribution < -0.4 is 0 Å². The SMILES string of the molecule is C=Cc1cc2ccccc2c(S(=O)(=O)O)c1S(=O)(=O)O. The van der Waals surface area contributed by atoms with Gasteiger partial charge in [-0.15, -0.1) is 0 Å². The molecule has 0 aliphatic rings. The third-order valence-corrected chi connectivity index (χ3v) is 4.75. The fourth-order valence-corrected chi connectivity index (χ4v) is 4.22. The Morgan fingerprint density at radius 1 is 0.950 bits per heavy atom. The molecule has 0 aliphatic heterocycles. The molecule has 0 bridgehead atoms. The van der Waals surface area contributed by atoms with E-state index < -0.39 is 30.0 Å². The molecule has 0 spiro atoms. The molecule has 0 radical (unpaired) electrons. The molecule has 0 saturated carbocycles. The highest BCUT2D eigenvalue weighted by Gasteiger charge is 2.29. The second-order valence-corrected chi connectivity index (χ2v) is 6.72. The predicted octanol–water partition coefficient (Wildman–Crippen LogP) is 1.98. The first-order valence-electron chi connectivity index (χ1n) is 5.29. The minimum atomic E-state index is -4.86. The van der Waals surface area contributed by atoms with Crippen LogP contribution in [-0.4, -0.2) is 25.9 Å². The van der Waals surface area contributed by atoms with Crippen LogP contribution in [0.2, 0.25) is 0 Å². The Bertz CT molecular complexity index is 910. The monoisotopic (exact) mass is 314 g/mol. The summed E-state index contributed by atoms with van der Waals surface area (Å²) in [5.74, 6) is 0. The maximum atomic E-state index is 11.5. The smallest absolute Gasteiger partial charge is 0.282 e. The average Bonchev–Trinajstić information content (AvgIpc) is 2.34. The van der Waals surface area contributed by atoms with E-state index in [0.717, 1.165) is 6.08 Å². The molecule has 6 nitrogen and oxygen atoms in total. The molecule has 0 atom stereocenters. The van der Waals surface area contributed by atoms with Crippen molar-refractivity contribution >= 4 is 37.1 Å². The molecule has 0 aromatic heterocycles. The molecule has 8 heteroatoms. The minimum Gasteiger partial charge on any atom is -0.282 e. The fourth-order valence-electron chi connectivity index (χ4n) is 1.99. The van der Waals surface area contributed by atoms with E-state index >= 15 is 0 Å². The minimum absolute atomic E-state index is 0.00627. The molecule has 0 saturated heterocycles. The van der Waals surface area contributed by atoms with Gasteiger partial charge in [0.25, 0.3) is 20.2 Å². The maximum absolute atomic E-state index is 11.5. The zero-order valence-corrected chi connectivity index (χ0v) is 11.6. The first-order valence-corrected chi connectivity index (χ1v) is 8.17. The molecule has 2 aromatic carbocycles. The number of benzene rings is 2. The van der Waals surface area contributed by atoms with Gasteiger partial charge in [-0.05, 0) is 17.0 Å². The molecule has 106 valence electrons. The van der Waals surface area contributed by atoms with E-state index in [1.54, 1.807) is 12.1 Å². The van der Waals surface area contributed by atoms with E-state index in [9.17, 15) is 25.9 Å². The summed E-state index contributed by atoms with van der Waals surface area (Å²) in [5.41, 5.74) is -0.112. The van der Waals surface area contributed by atoms with Crippen LogP contribution in [0.25, 0.3) is 16.8 Å². The van der Waals surface area contributed by atoms with E-state index in [0.29, 0.717) is 5.39 Å². The van der Waals surface area contributed by atoms with Gasteiger partial charge in [0.05, 0.1) is 0 Å². The number of hydrogen-bond acceptors (Lipinski definition) is 4. The third kappa shape index (κ3) is 2.46. The van der Waals surface area contributed by atoms with Crippen molar-refractivity contribution in [2.45, 2.75) is 9.79 Å². The fraction of sp³-hybridized carbons (Fsp3) is 0. The number of rotatable bonds is 3. The number of hydrogen-bond donors (Lipinski definition) is 2. The Morgan fingerprint density at radius 3 is 2.00 bits per heavy atom. The van der Waals surface area contributed by atoms with E-state index in [4.69, 9.17) is 0 Å². The Balaban J connectivity index is 3.22. The Morgan fingerprint density at radius 2 is 1.50 bits per heavy atom. The van der Waals surface area contributed by atoms with Crippen molar-refractivity contribution < 1.29 is 25.9 Å². The molecular weight excluding hydrogens is 304 g/mol. The highest BCUT2D eigenvalue weighted by molar-refractivity contribution is 7.89. The lowest BCUT2D eigenvalue weighted by molar-refractivity contribution is 0.467. The van der Waals surface area contributed by atoms with E-state index in [1.807, 2.05) is 0 Å². The summed E-state index contributed by atoms with van der Waals surface area (Å²) in [6.07, 6.45) is 1.09. The molecule has 2 aromatic rings. The first kappa shape index (κ1) is 14.7. The summed E-state index contributed by atoms with van der Waals surface area (Å²) in [7, 11) is -9.72. The van der Waals surface area contributed by atoms with Gasteiger partial charge in [-0.2, -0.15) is 16.8 Å². The molecule has 0 amide bonds. The lowest BCUT2D eigenvalue weighted by atomic mass is 10.1. The predicted molar refractivity (Wildman–Crippen MR) is 73.7 cm³/mol. The summed E-state index contributed by atoms with van der Waals surface area (Å²) in [6.45, 7) is 3.38. The van der Waals surface area contributed by atoms with Gasteiger partial charge >= 0.3 is 0 Å². The van der Waals surface area contributed by atoms with Gasteiger partial charge in [0.15, 0.2) is 0 Å². The van der Waals surface area contributed by atoms with Crippen molar-refractivity contribution in [3.63, 3.8) is 0 Å². The summed E-state index contributed by atoms with van der Waals surface area (Å²) < 4.78 is 64.5. The van der Waals surface area contributed by atoms with Crippen LogP contribution in [0, 0.1) is 0 Å². The van der Waals surface area contributed by atoms with E-state index in [2.05, 4.69) is 6.58 Å². The van der Waals surface area contributed by atoms with Gasteiger partial charge in [0.1, 0.15) is 9.79 Å². The zero-order chi connectivity index (χ0) is 15.1. The zero-order valence-electron chi connectivity index (χ0n) is 10.0. The van der Waals surface area contributed by atoms with Crippen LogP contribution in [-0.2, 0) is 20.2 Å². The lowest BCUT2D eigenvalue weighted by Crippen LogP contribution is -2.11. The molecule has 2 rings (SSSR count). The Hall–Kier alpha value is -1.74. The van der Waals surface area contributed by atoms with Crippen LogP contribution in [0.3, 0.4) is 0 Å². The van der Waals surface area contributed by atoms with Crippen molar-refractivity contribution in [2.24, 2.45) is 0 Å². The highest BCUT2D eigenvalue weighted by atomic mass is 32.2. The molecule has 20 heavy (non-hydrogen) atoms. The van der Waals surface area contributed by atoms with Crippen LogP contribution in [0.5, 0.6) is 0 Å². The van der Waals surface area contributed by atoms with Crippen LogP contribution in [0.1, 0.15) is 5.56 Å². The molecule has 0 unspecified atom stereocenters. The maximum Gasteiger partial charge on any atom is 0.296 e. The molecule has 0 fully saturated rings. The lowest BCUT2D eigenvalue weighted by Gasteiger charge is -2.12. The summed E-state index contributed by atoms with van der Waals surface area (Å²) in [4.78, 5) is -1.73. The molecule has 2 N–H and O–H groups in total. The van der Waals surface area contributed by atoms with Crippen molar-refractivity contribution in [2.75, 3.05) is 0 Å². The standard InChI is InChI=1S/C12H10O6S2/c1-2-8-7-9-5-3-4-6-10(9)12(20(16,17)18)11(8)19(13,14)15/h2-7H,1H2,(H,13,14,15)(H,16,17,18). The molecule has 0 aliphatic carbocycles. The Labute approximate surface area is 115 Å². The van der Waals surface area contributed by atoms with E-state index in [1.165, 1.54) is 18.2 Å². The molecule has 0 heterocycles. The summed E-state index contributed by atoms with van der Waals surface area (Å²) in [5, 5.41) is 0.385. The van der Waals surface area contributed by atoms with Crippen molar-refractivity contribution in [1.29, 1.82) is 0 Å². The van der Waals surface area contributed by atoms with Gasteiger partial charge in [0.2, 0.25) is 0 Å². The quantitative estimate of drug-likeness (QED) is 0.838. The van der Waals surface area contributed by atoms with Crippen LogP contribution >= 0.6 is 0 Å². The first-order chi connectivity index (χ1) is 9.16. The van der Waals surface area contributed by atoms with Gasteiger partial charge in [0, 0.05) is 5.39 Å². The van der Waals surface area contributed by atoms with Crippen LogP contribution in [0.4, 0.5) is 0 Å². The van der Waals surface area contributed by atoms with Crippen molar-refractivity contribution in [3.8, 4) is 0 Å². The summed E-state index contributed by atoms with van der Waals surface area (Å²) in [6, 6.07) is 7.35. The van der Waals surface area contributed by atoms with Crippen molar-refractivity contribution in [1.82, 2.24) is 0 Å². The third-order valence-electron chi connectivity index (χ3n) is 2.72. The molecular formula is C12H10O6S2. The van der Waals surface area contributed by atoms with Crippen LogP contribution in [0.15, 0.2) is 46.7 Å². The Kier molecular flexibility index (Phi) is 3.42. The summed E-state index contributed by atoms with van der Waals surface area (Å²) >= 11 is 0. The van der Waals surface area contributed by atoms with E-state index in [-0.39, 0.29) is 10.9 Å². The second kappa shape index (κ2) is 4.67. The topological polar surface area (TPSA) is 109 Å². The van der Waals surface area contributed by atoms with Gasteiger partial charge < -0.3 is 0 Å². The van der Waals surface area contributed by atoms with Crippen molar-refractivity contribution in [3.05, 3.63) is 42.5 Å². The second-order valence-electron chi connectivity index (χ2n) is 4.00. The largest absolute Gasteiger partial charge is 0.296 e. The average molecular weight is 314 g/mol. The highest BCUT2D eigenvalue weighted by Crippen LogP contribution is 2.33.